The van der Waals surface area contributed by atoms with E-state index >= 15 is 0 Å². The predicted octanol–water partition coefficient (Wildman–Crippen LogP) is 2.68. The van der Waals surface area contributed by atoms with Gasteiger partial charge >= 0.3 is 0 Å². The first-order chi connectivity index (χ1) is 9.63. The lowest BCUT2D eigenvalue weighted by molar-refractivity contribution is 0.178. The number of likely N-dealkylation sites (N-methyl/N-ethyl adjacent to an activating group) is 1. The normalized spacial score (nSPS) is 17.6. The first kappa shape index (κ1) is 15.3. The van der Waals surface area contributed by atoms with Crippen molar-refractivity contribution < 1.29 is 0 Å². The standard InChI is InChI=1S/C17H29N3/c1-15-4-6-17(7-5-15)18-10-13-20(3)14-16-8-11-19(2)12-9-16/h4-7,16,18H,8-14H2,1-3H3. The molecule has 1 saturated heterocycles. The number of piperidine rings is 1. The van der Waals surface area contributed by atoms with Crippen LogP contribution in [-0.4, -0.2) is 56.6 Å². The van der Waals surface area contributed by atoms with Gasteiger partial charge in [0, 0.05) is 25.3 Å². The van der Waals surface area contributed by atoms with E-state index < -0.39 is 0 Å². The quantitative estimate of drug-likeness (QED) is 0.861. The molecular formula is C17H29N3. The maximum atomic E-state index is 3.50. The van der Waals surface area contributed by atoms with E-state index in [0.717, 1.165) is 19.0 Å². The van der Waals surface area contributed by atoms with E-state index in [1.807, 2.05) is 0 Å². The molecule has 0 saturated carbocycles. The fourth-order valence-electron chi connectivity index (χ4n) is 2.84. The lowest BCUT2D eigenvalue weighted by atomic mass is 9.97. The second-order valence-electron chi connectivity index (χ2n) is 6.30. The molecule has 3 heteroatoms. The van der Waals surface area contributed by atoms with Crippen LogP contribution in [0.4, 0.5) is 5.69 Å². The van der Waals surface area contributed by atoms with Crippen molar-refractivity contribution >= 4 is 5.69 Å². The van der Waals surface area contributed by atoms with Crippen molar-refractivity contribution in [3.8, 4) is 0 Å². The van der Waals surface area contributed by atoms with Crippen LogP contribution in [0.3, 0.4) is 0 Å². The molecule has 1 aromatic rings. The molecule has 1 aliphatic rings. The molecule has 1 heterocycles. The third kappa shape index (κ3) is 5.14. The summed E-state index contributed by atoms with van der Waals surface area (Å²) in [7, 11) is 4.47. The summed E-state index contributed by atoms with van der Waals surface area (Å²) < 4.78 is 0. The Morgan fingerprint density at radius 2 is 1.85 bits per heavy atom. The zero-order chi connectivity index (χ0) is 14.4. The first-order valence-corrected chi connectivity index (χ1v) is 7.81. The molecule has 20 heavy (non-hydrogen) atoms. The SMILES string of the molecule is Cc1ccc(NCCN(C)CC2CCN(C)CC2)cc1. The summed E-state index contributed by atoms with van der Waals surface area (Å²) >= 11 is 0. The Morgan fingerprint density at radius 1 is 1.20 bits per heavy atom. The van der Waals surface area contributed by atoms with Gasteiger partial charge in [-0.1, -0.05) is 17.7 Å². The maximum Gasteiger partial charge on any atom is 0.0340 e. The number of nitrogens with one attached hydrogen (secondary N) is 1. The molecule has 0 unspecified atom stereocenters. The molecular weight excluding hydrogens is 246 g/mol. The van der Waals surface area contributed by atoms with Crippen LogP contribution in [0.15, 0.2) is 24.3 Å². The second kappa shape index (κ2) is 7.65. The van der Waals surface area contributed by atoms with Crippen LogP contribution in [0.5, 0.6) is 0 Å². The van der Waals surface area contributed by atoms with Gasteiger partial charge in [-0.3, -0.25) is 0 Å². The van der Waals surface area contributed by atoms with Crippen LogP contribution >= 0.6 is 0 Å². The molecule has 0 amide bonds. The number of aryl methyl sites for hydroxylation is 1. The van der Waals surface area contributed by atoms with Gasteiger partial charge in [-0.05, 0) is 65.0 Å². The van der Waals surface area contributed by atoms with Gasteiger partial charge in [0.25, 0.3) is 0 Å². The minimum absolute atomic E-state index is 0.885. The summed E-state index contributed by atoms with van der Waals surface area (Å²) in [6, 6.07) is 8.63. The van der Waals surface area contributed by atoms with Crippen molar-refractivity contribution in [2.24, 2.45) is 5.92 Å². The number of nitrogens with zero attached hydrogens (tertiary/aromatic N) is 2. The third-order valence-corrected chi connectivity index (χ3v) is 4.28. The highest BCUT2D eigenvalue weighted by Gasteiger charge is 2.17. The Bertz CT molecular complexity index is 380. The Kier molecular flexibility index (Phi) is 5.86. The molecule has 1 N–H and O–H groups in total. The van der Waals surface area contributed by atoms with Crippen molar-refractivity contribution in [1.29, 1.82) is 0 Å². The fourth-order valence-corrected chi connectivity index (χ4v) is 2.84. The topological polar surface area (TPSA) is 18.5 Å². The molecule has 0 aromatic heterocycles. The average molecular weight is 275 g/mol. The summed E-state index contributed by atoms with van der Waals surface area (Å²) in [6.45, 7) is 8.02. The minimum atomic E-state index is 0.885. The Balaban J connectivity index is 1.62. The summed E-state index contributed by atoms with van der Waals surface area (Å²) in [5.41, 5.74) is 2.54. The summed E-state index contributed by atoms with van der Waals surface area (Å²) in [5.74, 6) is 0.885. The number of likely N-dealkylation sites (tertiary alicyclic amines) is 1. The zero-order valence-electron chi connectivity index (χ0n) is 13.2. The number of hydrogen-bond donors (Lipinski definition) is 1. The van der Waals surface area contributed by atoms with Crippen LogP contribution in [-0.2, 0) is 0 Å². The van der Waals surface area contributed by atoms with Crippen molar-refractivity contribution in [1.82, 2.24) is 9.80 Å². The summed E-state index contributed by atoms with van der Waals surface area (Å²) in [5, 5.41) is 3.50. The molecule has 0 radical (unpaired) electrons. The first-order valence-electron chi connectivity index (χ1n) is 7.81. The zero-order valence-corrected chi connectivity index (χ0v) is 13.2. The van der Waals surface area contributed by atoms with Crippen molar-refractivity contribution in [2.75, 3.05) is 52.1 Å². The van der Waals surface area contributed by atoms with E-state index in [4.69, 9.17) is 0 Å². The second-order valence-corrected chi connectivity index (χ2v) is 6.30. The predicted molar refractivity (Wildman–Crippen MR) is 87.4 cm³/mol. The fraction of sp³-hybridized carbons (Fsp3) is 0.647. The lowest BCUT2D eigenvalue weighted by Crippen LogP contribution is -2.37. The monoisotopic (exact) mass is 275 g/mol. The average Bonchev–Trinajstić information content (AvgIpc) is 2.44. The van der Waals surface area contributed by atoms with E-state index in [0.29, 0.717) is 0 Å². The van der Waals surface area contributed by atoms with Crippen molar-refractivity contribution in [3.63, 3.8) is 0 Å². The number of benzene rings is 1. The van der Waals surface area contributed by atoms with E-state index in [2.05, 4.69) is 60.4 Å². The lowest BCUT2D eigenvalue weighted by Gasteiger charge is -2.31. The van der Waals surface area contributed by atoms with Gasteiger partial charge in [0.1, 0.15) is 0 Å². The van der Waals surface area contributed by atoms with Gasteiger partial charge in [0.15, 0.2) is 0 Å². The number of anilines is 1. The number of rotatable bonds is 6. The van der Waals surface area contributed by atoms with E-state index in [9.17, 15) is 0 Å². The third-order valence-electron chi connectivity index (χ3n) is 4.28. The van der Waals surface area contributed by atoms with Gasteiger partial charge in [-0.25, -0.2) is 0 Å². The van der Waals surface area contributed by atoms with Crippen molar-refractivity contribution in [3.05, 3.63) is 29.8 Å². The smallest absolute Gasteiger partial charge is 0.0340 e. The molecule has 1 aliphatic heterocycles. The van der Waals surface area contributed by atoms with Gasteiger partial charge in [0.2, 0.25) is 0 Å². The van der Waals surface area contributed by atoms with Gasteiger partial charge in [-0.2, -0.15) is 0 Å². The summed E-state index contributed by atoms with van der Waals surface area (Å²) in [6.07, 6.45) is 2.71. The van der Waals surface area contributed by atoms with Gasteiger partial charge < -0.3 is 15.1 Å². The molecule has 0 spiro atoms. The van der Waals surface area contributed by atoms with E-state index in [1.165, 1.54) is 43.7 Å². The number of hydrogen-bond acceptors (Lipinski definition) is 3. The minimum Gasteiger partial charge on any atom is -0.384 e. The molecule has 112 valence electrons. The largest absolute Gasteiger partial charge is 0.384 e. The molecule has 1 aromatic carbocycles. The van der Waals surface area contributed by atoms with E-state index in [1.54, 1.807) is 0 Å². The highest BCUT2D eigenvalue weighted by Crippen LogP contribution is 2.16. The molecule has 0 atom stereocenters. The van der Waals surface area contributed by atoms with Crippen LogP contribution < -0.4 is 5.32 Å². The Morgan fingerprint density at radius 3 is 2.50 bits per heavy atom. The molecule has 0 bridgehead atoms. The highest BCUT2D eigenvalue weighted by molar-refractivity contribution is 5.44. The Labute approximate surface area is 124 Å². The maximum absolute atomic E-state index is 3.50. The Hall–Kier alpha value is -1.06. The van der Waals surface area contributed by atoms with Crippen molar-refractivity contribution in [2.45, 2.75) is 19.8 Å². The van der Waals surface area contributed by atoms with Gasteiger partial charge in [0.05, 0.1) is 0 Å². The highest BCUT2D eigenvalue weighted by atomic mass is 15.1. The van der Waals surface area contributed by atoms with E-state index in [-0.39, 0.29) is 0 Å². The molecule has 0 aliphatic carbocycles. The summed E-state index contributed by atoms with van der Waals surface area (Å²) in [4.78, 5) is 4.91. The van der Waals surface area contributed by atoms with Crippen LogP contribution in [0.2, 0.25) is 0 Å². The molecule has 2 rings (SSSR count). The molecule has 3 nitrogen and oxygen atoms in total. The molecule has 1 fully saturated rings. The van der Waals surface area contributed by atoms with Crippen LogP contribution in [0.1, 0.15) is 18.4 Å². The van der Waals surface area contributed by atoms with Gasteiger partial charge in [-0.15, -0.1) is 0 Å². The van der Waals surface area contributed by atoms with Crippen LogP contribution in [0, 0.1) is 12.8 Å². The van der Waals surface area contributed by atoms with Crippen LogP contribution in [0.25, 0.3) is 0 Å².